The van der Waals surface area contributed by atoms with Crippen LogP contribution in [0.5, 0.6) is 0 Å². The highest BCUT2D eigenvalue weighted by Gasteiger charge is 2.49. The van der Waals surface area contributed by atoms with E-state index < -0.39 is 0 Å². The molecule has 1 atom stereocenters. The van der Waals surface area contributed by atoms with Crippen LogP contribution in [0, 0.1) is 5.92 Å². The summed E-state index contributed by atoms with van der Waals surface area (Å²) in [5.74, 6) is 0.614. The van der Waals surface area contributed by atoms with Gasteiger partial charge in [-0.25, -0.2) is 0 Å². The lowest BCUT2D eigenvalue weighted by molar-refractivity contribution is -0.252. The molecule has 0 saturated carbocycles. The Bertz CT molecular complexity index is 215. The molecule has 2 heterocycles. The Kier molecular flexibility index (Phi) is 2.18. The van der Waals surface area contributed by atoms with E-state index in [1.165, 1.54) is 5.06 Å². The van der Waals surface area contributed by atoms with E-state index in [0.717, 1.165) is 19.4 Å². The molecule has 0 aromatic heterocycles. The van der Waals surface area contributed by atoms with Gasteiger partial charge in [-0.1, -0.05) is 0 Å². The molecular formula is C11H21NO2. The molecule has 3 nitrogen and oxygen atoms in total. The molecule has 2 aliphatic heterocycles. The van der Waals surface area contributed by atoms with Crippen LogP contribution < -0.4 is 0 Å². The number of hydrogen-bond donors (Lipinski definition) is 1. The van der Waals surface area contributed by atoms with Crippen LogP contribution in [0.15, 0.2) is 0 Å². The fourth-order valence-electron chi connectivity index (χ4n) is 2.94. The number of hydrogen-bond acceptors (Lipinski definition) is 3. The molecule has 1 N–H and O–H groups in total. The first-order valence-electron chi connectivity index (χ1n) is 5.44. The highest BCUT2D eigenvalue weighted by Crippen LogP contribution is 2.43. The van der Waals surface area contributed by atoms with Crippen LogP contribution in [0.4, 0.5) is 0 Å². The molecule has 3 heteroatoms. The van der Waals surface area contributed by atoms with Crippen molar-refractivity contribution in [2.45, 2.75) is 57.7 Å². The maximum atomic E-state index is 10.1. The fourth-order valence-corrected chi connectivity index (χ4v) is 2.94. The molecular weight excluding hydrogens is 178 g/mol. The smallest absolute Gasteiger partial charge is 0.0839 e. The number of ether oxygens (including phenoxy) is 1. The average Bonchev–Trinajstić information content (AvgIpc) is 2.80. The molecule has 0 amide bonds. The second-order valence-corrected chi connectivity index (χ2v) is 5.98. The van der Waals surface area contributed by atoms with Gasteiger partial charge in [0.1, 0.15) is 0 Å². The van der Waals surface area contributed by atoms with E-state index in [1.54, 1.807) is 0 Å². The van der Waals surface area contributed by atoms with Crippen molar-refractivity contribution in [3.05, 3.63) is 0 Å². The van der Waals surface area contributed by atoms with Gasteiger partial charge in [-0.15, -0.1) is 0 Å². The molecule has 0 bridgehead atoms. The zero-order valence-corrected chi connectivity index (χ0v) is 9.58. The molecule has 2 fully saturated rings. The summed E-state index contributed by atoms with van der Waals surface area (Å²) < 4.78 is 5.37. The van der Waals surface area contributed by atoms with Crippen molar-refractivity contribution in [3.63, 3.8) is 0 Å². The summed E-state index contributed by atoms with van der Waals surface area (Å²) in [4.78, 5) is 0. The van der Waals surface area contributed by atoms with Crippen molar-refractivity contribution in [3.8, 4) is 0 Å². The maximum Gasteiger partial charge on any atom is 0.0839 e. The predicted molar refractivity (Wildman–Crippen MR) is 54.2 cm³/mol. The predicted octanol–water partition coefficient (Wildman–Crippen LogP) is 2.04. The number of epoxide rings is 1. The summed E-state index contributed by atoms with van der Waals surface area (Å²) in [5.41, 5.74) is -0.253. The lowest BCUT2D eigenvalue weighted by Crippen LogP contribution is -2.59. The van der Waals surface area contributed by atoms with E-state index in [2.05, 4.69) is 27.7 Å². The first kappa shape index (κ1) is 10.4. The van der Waals surface area contributed by atoms with Crippen molar-refractivity contribution in [2.75, 3.05) is 6.61 Å². The van der Waals surface area contributed by atoms with Crippen LogP contribution in [0.3, 0.4) is 0 Å². The monoisotopic (exact) mass is 199 g/mol. The van der Waals surface area contributed by atoms with Crippen LogP contribution in [-0.2, 0) is 4.74 Å². The zero-order valence-electron chi connectivity index (χ0n) is 9.58. The van der Waals surface area contributed by atoms with E-state index in [1.807, 2.05) is 0 Å². The quantitative estimate of drug-likeness (QED) is 0.656. The number of hydroxylamine groups is 2. The molecule has 14 heavy (non-hydrogen) atoms. The van der Waals surface area contributed by atoms with Gasteiger partial charge in [0, 0.05) is 11.1 Å². The van der Waals surface area contributed by atoms with Crippen LogP contribution in [0.25, 0.3) is 0 Å². The van der Waals surface area contributed by atoms with Gasteiger partial charge in [-0.05, 0) is 46.5 Å². The first-order valence-corrected chi connectivity index (χ1v) is 5.44. The molecule has 0 aliphatic carbocycles. The topological polar surface area (TPSA) is 36.0 Å². The Morgan fingerprint density at radius 2 is 1.57 bits per heavy atom. The van der Waals surface area contributed by atoms with E-state index in [9.17, 15) is 5.21 Å². The molecule has 2 aliphatic rings. The molecule has 0 spiro atoms. The van der Waals surface area contributed by atoms with Gasteiger partial charge in [0.2, 0.25) is 0 Å². The van der Waals surface area contributed by atoms with Crippen molar-refractivity contribution >= 4 is 0 Å². The molecule has 2 rings (SSSR count). The normalized spacial score (nSPS) is 37.1. The highest BCUT2D eigenvalue weighted by atomic mass is 16.6. The molecule has 0 aromatic rings. The van der Waals surface area contributed by atoms with Crippen molar-refractivity contribution in [2.24, 2.45) is 5.92 Å². The van der Waals surface area contributed by atoms with Crippen LogP contribution in [0.2, 0.25) is 0 Å². The van der Waals surface area contributed by atoms with E-state index >= 15 is 0 Å². The SMILES string of the molecule is CC1(C)CC(C2CO2)CC(C)(C)N1O. The molecule has 82 valence electrons. The molecule has 0 radical (unpaired) electrons. The second kappa shape index (κ2) is 2.94. The second-order valence-electron chi connectivity index (χ2n) is 5.98. The van der Waals surface area contributed by atoms with Gasteiger partial charge in [0.25, 0.3) is 0 Å². The third-order valence-corrected chi connectivity index (χ3v) is 3.56. The van der Waals surface area contributed by atoms with Crippen molar-refractivity contribution in [1.82, 2.24) is 5.06 Å². The van der Waals surface area contributed by atoms with Crippen LogP contribution >= 0.6 is 0 Å². The van der Waals surface area contributed by atoms with Gasteiger partial charge >= 0.3 is 0 Å². The Morgan fingerprint density at radius 1 is 1.14 bits per heavy atom. The fraction of sp³-hybridized carbons (Fsp3) is 1.00. The van der Waals surface area contributed by atoms with Gasteiger partial charge in [-0.3, -0.25) is 0 Å². The van der Waals surface area contributed by atoms with Gasteiger partial charge < -0.3 is 9.94 Å². The number of nitrogens with zero attached hydrogens (tertiary/aromatic N) is 1. The number of piperidine rings is 1. The Morgan fingerprint density at radius 3 is 1.93 bits per heavy atom. The van der Waals surface area contributed by atoms with E-state index in [4.69, 9.17) is 4.74 Å². The zero-order chi connectivity index (χ0) is 10.6. The van der Waals surface area contributed by atoms with Crippen LogP contribution in [0.1, 0.15) is 40.5 Å². The van der Waals surface area contributed by atoms with Gasteiger partial charge in [0.05, 0.1) is 12.7 Å². The van der Waals surface area contributed by atoms with Crippen molar-refractivity contribution in [1.29, 1.82) is 0 Å². The van der Waals surface area contributed by atoms with Crippen molar-refractivity contribution < 1.29 is 9.94 Å². The molecule has 2 saturated heterocycles. The Hall–Kier alpha value is -0.120. The minimum absolute atomic E-state index is 0.127. The third-order valence-electron chi connectivity index (χ3n) is 3.56. The molecule has 0 aromatic carbocycles. The summed E-state index contributed by atoms with van der Waals surface area (Å²) in [7, 11) is 0. The lowest BCUT2D eigenvalue weighted by Gasteiger charge is -2.51. The van der Waals surface area contributed by atoms with E-state index in [-0.39, 0.29) is 11.1 Å². The minimum atomic E-state index is -0.127. The Labute approximate surface area is 86.0 Å². The summed E-state index contributed by atoms with van der Waals surface area (Å²) in [6.45, 7) is 9.32. The van der Waals surface area contributed by atoms with E-state index in [0.29, 0.717) is 12.0 Å². The Balaban J connectivity index is 2.15. The van der Waals surface area contributed by atoms with Gasteiger partial charge in [0.15, 0.2) is 0 Å². The van der Waals surface area contributed by atoms with Gasteiger partial charge in [-0.2, -0.15) is 5.06 Å². The summed E-state index contributed by atoms with van der Waals surface area (Å²) in [5, 5.41) is 11.6. The maximum absolute atomic E-state index is 10.1. The lowest BCUT2D eigenvalue weighted by atomic mass is 9.74. The number of rotatable bonds is 1. The largest absolute Gasteiger partial charge is 0.373 e. The molecule has 1 unspecified atom stereocenters. The van der Waals surface area contributed by atoms with Crippen LogP contribution in [-0.4, -0.2) is 34.1 Å². The third kappa shape index (κ3) is 1.69. The summed E-state index contributed by atoms with van der Waals surface area (Å²) >= 11 is 0. The average molecular weight is 199 g/mol. The minimum Gasteiger partial charge on any atom is -0.373 e. The standard InChI is InChI=1S/C11H21NO2/c1-10(2)5-8(9-7-14-9)6-11(3,4)12(10)13/h8-9,13H,5-7H2,1-4H3. The highest BCUT2D eigenvalue weighted by molar-refractivity contribution is 4.99. The first-order chi connectivity index (χ1) is 6.33. The summed E-state index contributed by atoms with van der Waals surface area (Å²) in [6, 6.07) is 0. The summed E-state index contributed by atoms with van der Waals surface area (Å²) in [6.07, 6.45) is 2.51.